The molecule has 1 N–H and O–H groups in total. The molecule has 0 unspecified atom stereocenters. The third-order valence-corrected chi connectivity index (χ3v) is 14.5. The van der Waals surface area contributed by atoms with Crippen LogP contribution in [0.3, 0.4) is 0 Å². The van der Waals surface area contributed by atoms with Crippen LogP contribution in [0.4, 0.5) is 0 Å². The van der Waals surface area contributed by atoms with Crippen LogP contribution in [-0.2, 0) is 9.36 Å². The SMILES string of the molecule is C=CC[C@]1(O)CC[C@H]2[C@@H]3CC=C4CC(=O)CCC4=C3[C@@H](c3ccc(P(=O)(c4ccccc4)c4ccccc4)cc3)C[C@@]21C. The number of hydrogen-bond donors (Lipinski definition) is 1. The van der Waals surface area contributed by atoms with Crippen molar-refractivity contribution in [2.75, 3.05) is 0 Å². The highest BCUT2D eigenvalue weighted by Gasteiger charge is 2.62. The molecule has 4 aliphatic rings. The Morgan fingerprint density at radius 3 is 2.19 bits per heavy atom. The Kier molecular flexibility index (Phi) is 7.11. The molecular formula is C39H41O3P. The minimum absolute atomic E-state index is 0.148. The molecular weight excluding hydrogens is 547 g/mol. The predicted molar refractivity (Wildman–Crippen MR) is 176 cm³/mol. The van der Waals surface area contributed by atoms with Gasteiger partial charge in [-0.05, 0) is 67.1 Å². The van der Waals surface area contributed by atoms with Gasteiger partial charge in [-0.3, -0.25) is 4.79 Å². The van der Waals surface area contributed by atoms with Crippen LogP contribution in [0.25, 0.3) is 0 Å². The van der Waals surface area contributed by atoms with Gasteiger partial charge in [0.25, 0.3) is 0 Å². The third-order valence-electron chi connectivity index (χ3n) is 11.4. The van der Waals surface area contributed by atoms with Gasteiger partial charge in [0.2, 0.25) is 0 Å². The summed E-state index contributed by atoms with van der Waals surface area (Å²) in [6, 6.07) is 28.2. The zero-order valence-corrected chi connectivity index (χ0v) is 25.9. The van der Waals surface area contributed by atoms with Crippen LogP contribution < -0.4 is 15.9 Å². The number of ketones is 1. The van der Waals surface area contributed by atoms with E-state index in [1.165, 1.54) is 22.3 Å². The van der Waals surface area contributed by atoms with Crippen LogP contribution in [-0.4, -0.2) is 16.5 Å². The molecule has 3 aromatic rings. The molecule has 43 heavy (non-hydrogen) atoms. The summed E-state index contributed by atoms with van der Waals surface area (Å²) in [4.78, 5) is 12.5. The van der Waals surface area contributed by atoms with E-state index >= 15 is 4.57 Å². The molecule has 4 heteroatoms. The number of benzene rings is 3. The van der Waals surface area contributed by atoms with Gasteiger partial charge in [-0.1, -0.05) is 110 Å². The Morgan fingerprint density at radius 2 is 1.56 bits per heavy atom. The molecule has 4 aliphatic carbocycles. The lowest BCUT2D eigenvalue weighted by Gasteiger charge is -2.54. The van der Waals surface area contributed by atoms with Crippen molar-refractivity contribution in [1.82, 2.24) is 0 Å². The second-order valence-electron chi connectivity index (χ2n) is 13.4. The van der Waals surface area contributed by atoms with E-state index in [2.05, 4.69) is 43.8 Å². The van der Waals surface area contributed by atoms with Gasteiger partial charge in [-0.25, -0.2) is 0 Å². The topological polar surface area (TPSA) is 54.4 Å². The molecule has 0 radical (unpaired) electrons. The summed E-state index contributed by atoms with van der Waals surface area (Å²) in [6.45, 7) is 6.32. The second-order valence-corrected chi connectivity index (χ2v) is 16.2. The van der Waals surface area contributed by atoms with Gasteiger partial charge in [-0.15, -0.1) is 6.58 Å². The quantitative estimate of drug-likeness (QED) is 0.239. The van der Waals surface area contributed by atoms with Crippen LogP contribution in [0.1, 0.15) is 69.8 Å². The lowest BCUT2D eigenvalue weighted by molar-refractivity contribution is -0.118. The number of aliphatic hydroxyl groups is 1. The molecule has 5 atom stereocenters. The van der Waals surface area contributed by atoms with Gasteiger partial charge in [0, 0.05) is 40.1 Å². The lowest BCUT2D eigenvalue weighted by Crippen LogP contribution is -2.51. The first-order valence-corrected chi connectivity index (χ1v) is 17.6. The first-order valence-electron chi connectivity index (χ1n) is 15.9. The van der Waals surface area contributed by atoms with Crippen LogP contribution in [0.5, 0.6) is 0 Å². The van der Waals surface area contributed by atoms with E-state index in [1.807, 2.05) is 66.7 Å². The van der Waals surface area contributed by atoms with Crippen LogP contribution in [0.2, 0.25) is 0 Å². The Labute approximate surface area is 255 Å². The fourth-order valence-electron chi connectivity index (χ4n) is 9.20. The fourth-order valence-corrected chi connectivity index (χ4v) is 11.8. The van der Waals surface area contributed by atoms with E-state index in [-0.39, 0.29) is 11.3 Å². The molecule has 0 bridgehead atoms. The number of carbonyl (C=O) groups is 1. The van der Waals surface area contributed by atoms with E-state index in [1.54, 1.807) is 0 Å². The Balaban J connectivity index is 1.35. The number of hydrogen-bond acceptors (Lipinski definition) is 3. The average molecular weight is 589 g/mol. The number of Topliss-reactive ketones (excluding diaryl/α,β-unsaturated/α-hetero) is 1. The normalized spacial score (nSPS) is 30.2. The average Bonchev–Trinajstić information content (AvgIpc) is 3.30. The first-order chi connectivity index (χ1) is 20.8. The van der Waals surface area contributed by atoms with Crippen molar-refractivity contribution in [3.8, 4) is 0 Å². The summed E-state index contributed by atoms with van der Waals surface area (Å²) in [6.07, 6.45) is 10.5. The maximum atomic E-state index is 15.0. The van der Waals surface area contributed by atoms with E-state index in [4.69, 9.17) is 0 Å². The summed E-state index contributed by atoms with van der Waals surface area (Å²) in [5, 5.41) is 14.6. The number of carbonyl (C=O) groups excluding carboxylic acids is 1. The predicted octanol–water partition coefficient (Wildman–Crippen LogP) is 7.53. The smallest absolute Gasteiger partial charge is 0.171 e. The highest BCUT2D eigenvalue weighted by Crippen LogP contribution is 2.67. The Hall–Kier alpha value is -3.26. The van der Waals surface area contributed by atoms with Gasteiger partial charge in [0.1, 0.15) is 5.78 Å². The maximum absolute atomic E-state index is 15.0. The maximum Gasteiger partial charge on any atom is 0.171 e. The van der Waals surface area contributed by atoms with Crippen molar-refractivity contribution in [3.63, 3.8) is 0 Å². The van der Waals surface area contributed by atoms with Gasteiger partial charge >= 0.3 is 0 Å². The van der Waals surface area contributed by atoms with Crippen LogP contribution in [0.15, 0.2) is 120 Å². The van der Waals surface area contributed by atoms with Crippen molar-refractivity contribution in [2.45, 2.75) is 69.8 Å². The summed E-state index contributed by atoms with van der Waals surface area (Å²) < 4.78 is 15.0. The Morgan fingerprint density at radius 1 is 0.930 bits per heavy atom. The minimum Gasteiger partial charge on any atom is -0.389 e. The summed E-state index contributed by atoms with van der Waals surface area (Å²) in [7, 11) is -3.07. The van der Waals surface area contributed by atoms with Crippen molar-refractivity contribution < 1.29 is 14.5 Å². The fraction of sp³-hybridized carbons (Fsp3) is 0.359. The highest BCUT2D eigenvalue weighted by atomic mass is 31.2. The molecule has 220 valence electrons. The lowest BCUT2D eigenvalue weighted by atomic mass is 9.51. The van der Waals surface area contributed by atoms with Gasteiger partial charge in [0.05, 0.1) is 5.60 Å². The van der Waals surface area contributed by atoms with E-state index < -0.39 is 12.7 Å². The molecule has 3 fully saturated rings. The van der Waals surface area contributed by atoms with Gasteiger partial charge < -0.3 is 9.67 Å². The van der Waals surface area contributed by atoms with Crippen molar-refractivity contribution >= 4 is 28.8 Å². The molecule has 3 aromatic carbocycles. The third kappa shape index (κ3) is 4.42. The zero-order chi connectivity index (χ0) is 29.8. The Bertz CT molecular complexity index is 1620. The summed E-state index contributed by atoms with van der Waals surface area (Å²) in [5.41, 5.74) is 4.37. The molecule has 0 spiro atoms. The molecule has 3 saturated carbocycles. The standard InChI is InChI=1S/C39H41O3P/c1-3-23-39(41)24-22-36-34-20-16-28-25-29(40)17-21-33(28)37(34)35(26-38(36,39)2)27-14-18-32(19-15-27)43(42,30-10-6-4-7-11-30)31-12-8-5-9-13-31/h3-16,18-19,34-36,41H,1,17,20-26H2,2H3/t34-,35+,36-,38-,39-/m0/s1. The van der Waals surface area contributed by atoms with Crippen LogP contribution in [0, 0.1) is 17.3 Å². The van der Waals surface area contributed by atoms with E-state index in [0.717, 1.165) is 48.0 Å². The molecule has 0 amide bonds. The van der Waals surface area contributed by atoms with Crippen molar-refractivity contribution in [1.29, 1.82) is 0 Å². The molecule has 0 aliphatic heterocycles. The number of fused-ring (bicyclic) bond motifs is 4. The van der Waals surface area contributed by atoms with E-state index in [0.29, 0.717) is 36.9 Å². The number of allylic oxidation sites excluding steroid dienone is 4. The van der Waals surface area contributed by atoms with Gasteiger partial charge in [-0.2, -0.15) is 0 Å². The van der Waals surface area contributed by atoms with Crippen molar-refractivity contribution in [2.24, 2.45) is 17.3 Å². The number of rotatable bonds is 6. The van der Waals surface area contributed by atoms with Gasteiger partial charge in [0.15, 0.2) is 7.14 Å². The summed E-state index contributed by atoms with van der Waals surface area (Å²) in [5.74, 6) is 1.26. The molecule has 3 nitrogen and oxygen atoms in total. The molecule has 7 rings (SSSR count). The molecule has 0 saturated heterocycles. The largest absolute Gasteiger partial charge is 0.389 e. The van der Waals surface area contributed by atoms with Crippen molar-refractivity contribution in [3.05, 3.63) is 126 Å². The highest BCUT2D eigenvalue weighted by molar-refractivity contribution is 7.85. The first kappa shape index (κ1) is 28.5. The zero-order valence-electron chi connectivity index (χ0n) is 25.0. The second kappa shape index (κ2) is 10.7. The minimum atomic E-state index is -3.07. The monoisotopic (exact) mass is 588 g/mol. The molecule has 0 heterocycles. The van der Waals surface area contributed by atoms with E-state index in [9.17, 15) is 9.90 Å². The van der Waals surface area contributed by atoms with Crippen LogP contribution >= 0.6 is 7.14 Å². The summed E-state index contributed by atoms with van der Waals surface area (Å²) >= 11 is 0. The molecule has 0 aromatic heterocycles.